The van der Waals surface area contributed by atoms with Gasteiger partial charge in [-0.3, -0.25) is 0 Å². The van der Waals surface area contributed by atoms with E-state index < -0.39 is 0 Å². The van der Waals surface area contributed by atoms with Gasteiger partial charge in [0, 0.05) is 11.6 Å². The van der Waals surface area contributed by atoms with Gasteiger partial charge in [0.1, 0.15) is 11.8 Å². The van der Waals surface area contributed by atoms with Gasteiger partial charge in [0.2, 0.25) is 17.5 Å². The van der Waals surface area contributed by atoms with Crippen molar-refractivity contribution in [1.82, 2.24) is 9.88 Å². The fourth-order valence-corrected chi connectivity index (χ4v) is 3.42. The molecule has 0 saturated heterocycles. The van der Waals surface area contributed by atoms with Gasteiger partial charge in [-0.05, 0) is 54.9 Å². The maximum atomic E-state index is 9.47. The predicted octanol–water partition coefficient (Wildman–Crippen LogP) is 5.79. The van der Waals surface area contributed by atoms with Crippen molar-refractivity contribution in [3.8, 4) is 11.8 Å². The summed E-state index contributed by atoms with van der Waals surface area (Å²) in [6.45, 7) is 7.28. The summed E-state index contributed by atoms with van der Waals surface area (Å²) in [7, 11) is 4.06. The highest BCUT2D eigenvalue weighted by Gasteiger charge is 2.20. The quantitative estimate of drug-likeness (QED) is 0.466. The number of anilines is 1. The number of hydrogen-bond donors (Lipinski definition) is 1. The molecule has 0 aliphatic heterocycles. The molecule has 0 radical (unpaired) electrons. The van der Waals surface area contributed by atoms with Crippen molar-refractivity contribution in [2.75, 3.05) is 26.0 Å². The zero-order chi connectivity index (χ0) is 23.3. The molecular weight excluding hydrogens is 424 g/mol. The molecule has 7 heteroatoms. The molecule has 1 aromatic heterocycles. The predicted molar refractivity (Wildman–Crippen MR) is 127 cm³/mol. The molecular formula is C25H29ClN4O2. The van der Waals surface area contributed by atoms with E-state index in [-0.39, 0.29) is 23.8 Å². The van der Waals surface area contributed by atoms with Gasteiger partial charge in [-0.15, -0.1) is 0 Å². The number of likely N-dealkylation sites (N-methyl/N-ethyl adjacent to an activating group) is 1. The Morgan fingerprint density at radius 2 is 1.78 bits per heavy atom. The number of benzene rings is 2. The molecule has 0 saturated carbocycles. The second kappa shape index (κ2) is 10.1. The van der Waals surface area contributed by atoms with Crippen LogP contribution >= 0.6 is 11.6 Å². The third kappa shape index (κ3) is 6.03. The molecule has 1 N–H and O–H groups in total. The number of rotatable bonds is 8. The first-order chi connectivity index (χ1) is 15.2. The van der Waals surface area contributed by atoms with Crippen molar-refractivity contribution in [3.63, 3.8) is 0 Å². The van der Waals surface area contributed by atoms with Crippen LogP contribution in [0.1, 0.15) is 49.5 Å². The summed E-state index contributed by atoms with van der Waals surface area (Å²) in [5.74, 6) is 1.32. The molecule has 2 aromatic carbocycles. The van der Waals surface area contributed by atoms with Crippen molar-refractivity contribution in [2.24, 2.45) is 0 Å². The second-order valence-corrected chi connectivity index (χ2v) is 9.31. The summed E-state index contributed by atoms with van der Waals surface area (Å²) in [5, 5.41) is 13.4. The lowest BCUT2D eigenvalue weighted by Crippen LogP contribution is -2.27. The standard InChI is InChI=1S/C25H29ClN4O2/c1-25(2,3)18-8-6-17(7-9-18)22(30(4)5)15-28-24-21(14-27)29-23(32-24)16-31-20-12-10-19(26)11-13-20/h6-13,22,28H,15-16H2,1-5H3/t22-/m1/s1. The first kappa shape index (κ1) is 23.6. The van der Waals surface area contributed by atoms with Gasteiger partial charge < -0.3 is 19.4 Å². The lowest BCUT2D eigenvalue weighted by molar-refractivity contribution is 0.264. The molecule has 3 aromatic rings. The monoisotopic (exact) mass is 452 g/mol. The average molecular weight is 453 g/mol. The van der Waals surface area contributed by atoms with Crippen molar-refractivity contribution < 1.29 is 9.15 Å². The third-order valence-corrected chi connectivity index (χ3v) is 5.45. The number of nitrogens with one attached hydrogen (secondary N) is 1. The Balaban J connectivity index is 1.68. The summed E-state index contributed by atoms with van der Waals surface area (Å²) in [5.41, 5.74) is 2.79. The van der Waals surface area contributed by atoms with E-state index in [1.807, 2.05) is 14.1 Å². The Morgan fingerprint density at radius 1 is 1.12 bits per heavy atom. The molecule has 0 aliphatic rings. The van der Waals surface area contributed by atoms with Crippen LogP contribution < -0.4 is 10.1 Å². The summed E-state index contributed by atoms with van der Waals surface area (Å²) >= 11 is 5.89. The van der Waals surface area contributed by atoms with E-state index in [1.54, 1.807) is 24.3 Å². The summed E-state index contributed by atoms with van der Waals surface area (Å²) in [6.07, 6.45) is 0. The van der Waals surface area contributed by atoms with Crippen LogP contribution in [0.2, 0.25) is 5.02 Å². The van der Waals surface area contributed by atoms with Crippen LogP contribution in [0.15, 0.2) is 52.9 Å². The number of oxazole rings is 1. The Labute approximate surface area is 194 Å². The first-order valence-electron chi connectivity index (χ1n) is 10.5. The summed E-state index contributed by atoms with van der Waals surface area (Å²) in [6, 6.07) is 17.9. The maximum Gasteiger partial charge on any atom is 0.236 e. The molecule has 0 unspecified atom stereocenters. The second-order valence-electron chi connectivity index (χ2n) is 8.87. The smallest absolute Gasteiger partial charge is 0.236 e. The Hall–Kier alpha value is -3.01. The Kier molecular flexibility index (Phi) is 7.44. The number of aromatic nitrogens is 1. The Bertz CT molecular complexity index is 1060. The van der Waals surface area contributed by atoms with Crippen LogP contribution in [0.4, 0.5) is 5.88 Å². The largest absolute Gasteiger partial charge is 0.484 e. The number of hydrogen-bond acceptors (Lipinski definition) is 6. The molecule has 0 amide bonds. The lowest BCUT2D eigenvalue weighted by atomic mass is 9.86. The molecule has 32 heavy (non-hydrogen) atoms. The van der Waals surface area contributed by atoms with E-state index in [9.17, 15) is 5.26 Å². The van der Waals surface area contributed by atoms with Gasteiger partial charge in [-0.1, -0.05) is 56.6 Å². The number of nitriles is 1. The fourth-order valence-electron chi connectivity index (χ4n) is 3.29. The fraction of sp³-hybridized carbons (Fsp3) is 0.360. The van der Waals surface area contributed by atoms with E-state index in [1.165, 1.54) is 11.1 Å². The minimum atomic E-state index is 0.0921. The van der Waals surface area contributed by atoms with Crippen LogP contribution in [-0.2, 0) is 12.0 Å². The van der Waals surface area contributed by atoms with Crippen molar-refractivity contribution in [3.05, 3.63) is 76.3 Å². The minimum absolute atomic E-state index is 0.0921. The van der Waals surface area contributed by atoms with Crippen LogP contribution in [0, 0.1) is 11.3 Å². The maximum absolute atomic E-state index is 9.47. The number of ether oxygens (including phenoxy) is 1. The van der Waals surface area contributed by atoms with E-state index in [0.717, 1.165) is 0 Å². The van der Waals surface area contributed by atoms with Crippen LogP contribution in [-0.4, -0.2) is 30.5 Å². The molecule has 6 nitrogen and oxygen atoms in total. The Morgan fingerprint density at radius 3 is 2.34 bits per heavy atom. The van der Waals surface area contributed by atoms with Crippen LogP contribution in [0.5, 0.6) is 5.75 Å². The average Bonchev–Trinajstić information content (AvgIpc) is 3.15. The van der Waals surface area contributed by atoms with E-state index in [0.29, 0.717) is 29.1 Å². The van der Waals surface area contributed by atoms with E-state index in [4.69, 9.17) is 20.8 Å². The molecule has 0 spiro atoms. The molecule has 1 heterocycles. The van der Waals surface area contributed by atoms with Gasteiger partial charge >= 0.3 is 0 Å². The van der Waals surface area contributed by atoms with Crippen LogP contribution in [0.25, 0.3) is 0 Å². The lowest BCUT2D eigenvalue weighted by Gasteiger charge is -2.26. The molecule has 168 valence electrons. The first-order valence-corrected chi connectivity index (χ1v) is 10.8. The van der Waals surface area contributed by atoms with Crippen molar-refractivity contribution >= 4 is 17.5 Å². The molecule has 3 rings (SSSR count). The van der Waals surface area contributed by atoms with Gasteiger partial charge in [-0.25, -0.2) is 0 Å². The van der Waals surface area contributed by atoms with Crippen molar-refractivity contribution in [2.45, 2.75) is 38.8 Å². The highest BCUT2D eigenvalue weighted by molar-refractivity contribution is 6.30. The molecule has 0 aliphatic carbocycles. The molecule has 0 bridgehead atoms. The molecule has 0 fully saturated rings. The molecule has 1 atom stereocenters. The van der Waals surface area contributed by atoms with Crippen LogP contribution in [0.3, 0.4) is 0 Å². The zero-order valence-electron chi connectivity index (χ0n) is 19.1. The highest BCUT2D eigenvalue weighted by Crippen LogP contribution is 2.27. The van der Waals surface area contributed by atoms with Gasteiger partial charge in [0.15, 0.2) is 6.61 Å². The van der Waals surface area contributed by atoms with Gasteiger partial charge in [0.05, 0.1) is 6.04 Å². The topological polar surface area (TPSA) is 74.3 Å². The van der Waals surface area contributed by atoms with Gasteiger partial charge in [0.25, 0.3) is 0 Å². The van der Waals surface area contributed by atoms with Gasteiger partial charge in [-0.2, -0.15) is 10.2 Å². The highest BCUT2D eigenvalue weighted by atomic mass is 35.5. The van der Waals surface area contributed by atoms with E-state index in [2.05, 4.69) is 66.3 Å². The van der Waals surface area contributed by atoms with Crippen molar-refractivity contribution in [1.29, 1.82) is 5.26 Å². The SMILES string of the molecule is CN(C)[C@H](CNc1oc(COc2ccc(Cl)cc2)nc1C#N)c1ccc(C(C)(C)C)cc1. The third-order valence-electron chi connectivity index (χ3n) is 5.19. The number of halogens is 1. The summed E-state index contributed by atoms with van der Waals surface area (Å²) < 4.78 is 11.4. The number of nitrogens with zero attached hydrogens (tertiary/aromatic N) is 3. The summed E-state index contributed by atoms with van der Waals surface area (Å²) in [4.78, 5) is 6.37. The normalized spacial score (nSPS) is 12.4. The minimum Gasteiger partial charge on any atom is -0.484 e. The zero-order valence-corrected chi connectivity index (χ0v) is 19.9. The van der Waals surface area contributed by atoms with E-state index >= 15 is 0 Å².